The number of fused-ring (bicyclic) bond motifs is 1. The lowest BCUT2D eigenvalue weighted by Gasteiger charge is -2.43. The highest BCUT2D eigenvalue weighted by molar-refractivity contribution is 5.80. The van der Waals surface area contributed by atoms with E-state index in [1.54, 1.807) is 10.9 Å². The fourth-order valence-electron chi connectivity index (χ4n) is 4.48. The van der Waals surface area contributed by atoms with Crippen LogP contribution >= 0.6 is 0 Å². The molecule has 31 heavy (non-hydrogen) atoms. The first kappa shape index (κ1) is 20.1. The molecule has 8 heteroatoms. The first-order valence-electron chi connectivity index (χ1n) is 10.8. The number of amides is 1. The number of carbonyl (C=O) groups excluding carboxylic acids is 1. The van der Waals surface area contributed by atoms with Crippen LogP contribution in [0.4, 0.5) is 0 Å². The van der Waals surface area contributed by atoms with Crippen molar-refractivity contribution >= 4 is 16.8 Å². The minimum Gasteiger partial charge on any atom is -0.379 e. The number of hydrogen-bond acceptors (Lipinski definition) is 6. The second-order valence-electron chi connectivity index (χ2n) is 8.03. The van der Waals surface area contributed by atoms with E-state index >= 15 is 0 Å². The van der Waals surface area contributed by atoms with Gasteiger partial charge in [0, 0.05) is 50.2 Å². The zero-order valence-electron chi connectivity index (χ0n) is 17.5. The summed E-state index contributed by atoms with van der Waals surface area (Å²) in [5.41, 5.74) is 1.89. The van der Waals surface area contributed by atoms with Gasteiger partial charge in [-0.2, -0.15) is 5.10 Å². The molecule has 0 unspecified atom stereocenters. The molecule has 2 saturated heterocycles. The molecule has 5 rings (SSSR count). The van der Waals surface area contributed by atoms with Crippen LogP contribution in [-0.4, -0.2) is 82.6 Å². The van der Waals surface area contributed by atoms with Crippen LogP contribution in [-0.2, 0) is 20.8 Å². The molecule has 2 atom stereocenters. The summed E-state index contributed by atoms with van der Waals surface area (Å²) in [4.78, 5) is 22.0. The maximum Gasteiger partial charge on any atom is 0.244 e. The quantitative estimate of drug-likeness (QED) is 0.625. The molecule has 162 valence electrons. The van der Waals surface area contributed by atoms with Crippen LogP contribution in [0.15, 0.2) is 55.0 Å². The van der Waals surface area contributed by atoms with E-state index in [0.29, 0.717) is 13.2 Å². The van der Waals surface area contributed by atoms with Crippen molar-refractivity contribution in [1.82, 2.24) is 24.6 Å². The van der Waals surface area contributed by atoms with E-state index in [-0.39, 0.29) is 24.6 Å². The molecule has 2 aliphatic heterocycles. The normalized spacial score (nSPS) is 22.6. The third-order valence-corrected chi connectivity index (χ3v) is 6.00. The third-order valence-electron chi connectivity index (χ3n) is 6.00. The van der Waals surface area contributed by atoms with Gasteiger partial charge in [-0.25, -0.2) is 0 Å². The fourth-order valence-corrected chi connectivity index (χ4v) is 4.48. The molecule has 2 aromatic heterocycles. The van der Waals surface area contributed by atoms with Gasteiger partial charge in [0.25, 0.3) is 0 Å². The molecule has 1 amide bonds. The number of aromatic nitrogens is 3. The van der Waals surface area contributed by atoms with Crippen LogP contribution in [0.1, 0.15) is 11.6 Å². The number of pyridine rings is 1. The van der Waals surface area contributed by atoms with Crippen LogP contribution in [0, 0.1) is 0 Å². The monoisotopic (exact) mass is 421 g/mol. The molecule has 3 aromatic rings. The average Bonchev–Trinajstić information content (AvgIpc) is 3.22. The Kier molecular flexibility index (Phi) is 5.93. The van der Waals surface area contributed by atoms with E-state index in [4.69, 9.17) is 9.47 Å². The average molecular weight is 422 g/mol. The van der Waals surface area contributed by atoms with Crippen molar-refractivity contribution in [2.45, 2.75) is 18.7 Å². The standard InChI is InChI=1S/C23H27N5O3/c29-22(17-27-15-19-4-1-2-6-20(19)25-27)28-10-13-31-21(16-26-8-11-30-12-9-26)23(28)18-5-3-7-24-14-18/h1-7,14-15,21,23H,8-13,16-17H2/t21-,23-/m0/s1. The predicted octanol–water partition coefficient (Wildman–Crippen LogP) is 1.73. The van der Waals surface area contributed by atoms with E-state index in [2.05, 4.69) is 15.0 Å². The second-order valence-corrected chi connectivity index (χ2v) is 8.03. The lowest BCUT2D eigenvalue weighted by molar-refractivity contribution is -0.150. The van der Waals surface area contributed by atoms with Crippen molar-refractivity contribution < 1.29 is 14.3 Å². The molecule has 8 nitrogen and oxygen atoms in total. The molecule has 4 heterocycles. The highest BCUT2D eigenvalue weighted by Crippen LogP contribution is 2.30. The maximum absolute atomic E-state index is 13.4. The molecular weight excluding hydrogens is 394 g/mol. The maximum atomic E-state index is 13.4. The van der Waals surface area contributed by atoms with E-state index in [0.717, 1.165) is 49.3 Å². The second kappa shape index (κ2) is 9.13. The summed E-state index contributed by atoms with van der Waals surface area (Å²) in [6.07, 6.45) is 5.41. The SMILES string of the molecule is O=C(Cn1cc2ccccc2n1)N1CCO[C@@H](CN2CCOCC2)[C@@H]1c1cccnc1. The van der Waals surface area contributed by atoms with Gasteiger partial charge in [-0.3, -0.25) is 19.4 Å². The van der Waals surface area contributed by atoms with Gasteiger partial charge in [0.1, 0.15) is 6.54 Å². The molecule has 0 aliphatic carbocycles. The van der Waals surface area contributed by atoms with Gasteiger partial charge < -0.3 is 14.4 Å². The van der Waals surface area contributed by atoms with Gasteiger partial charge in [-0.05, 0) is 17.7 Å². The smallest absolute Gasteiger partial charge is 0.244 e. The highest BCUT2D eigenvalue weighted by Gasteiger charge is 2.37. The zero-order chi connectivity index (χ0) is 21.0. The first-order valence-corrected chi connectivity index (χ1v) is 10.8. The third kappa shape index (κ3) is 4.46. The summed E-state index contributed by atoms with van der Waals surface area (Å²) >= 11 is 0. The van der Waals surface area contributed by atoms with Gasteiger partial charge in [0.15, 0.2) is 0 Å². The Morgan fingerprint density at radius 1 is 1.06 bits per heavy atom. The Morgan fingerprint density at radius 3 is 2.74 bits per heavy atom. The number of nitrogens with zero attached hydrogens (tertiary/aromatic N) is 5. The lowest BCUT2D eigenvalue weighted by atomic mass is 9.98. The Balaban J connectivity index is 1.38. The number of rotatable bonds is 5. The number of ether oxygens (including phenoxy) is 2. The van der Waals surface area contributed by atoms with Crippen LogP contribution in [0.25, 0.3) is 10.9 Å². The summed E-state index contributed by atoms with van der Waals surface area (Å²) in [5.74, 6) is 0.0388. The van der Waals surface area contributed by atoms with Crippen molar-refractivity contribution in [3.63, 3.8) is 0 Å². The summed E-state index contributed by atoms with van der Waals surface area (Å²) < 4.78 is 13.4. The molecule has 1 aromatic carbocycles. The Morgan fingerprint density at radius 2 is 1.94 bits per heavy atom. The van der Waals surface area contributed by atoms with Gasteiger partial charge in [0.2, 0.25) is 5.91 Å². The van der Waals surface area contributed by atoms with Gasteiger partial charge in [-0.15, -0.1) is 0 Å². The molecule has 2 aliphatic rings. The summed E-state index contributed by atoms with van der Waals surface area (Å²) in [6, 6.07) is 11.7. The molecular formula is C23H27N5O3. The van der Waals surface area contributed by atoms with Crippen molar-refractivity contribution in [2.24, 2.45) is 0 Å². The van der Waals surface area contributed by atoms with Crippen molar-refractivity contribution in [3.05, 3.63) is 60.6 Å². The van der Waals surface area contributed by atoms with Gasteiger partial charge in [-0.1, -0.05) is 24.3 Å². The minimum atomic E-state index is -0.178. The van der Waals surface area contributed by atoms with Crippen LogP contribution in [0.2, 0.25) is 0 Å². The molecule has 2 fully saturated rings. The Labute approximate surface area is 181 Å². The molecule has 0 radical (unpaired) electrons. The largest absolute Gasteiger partial charge is 0.379 e. The zero-order valence-corrected chi connectivity index (χ0v) is 17.5. The highest BCUT2D eigenvalue weighted by atomic mass is 16.5. The van der Waals surface area contributed by atoms with E-state index in [1.807, 2.05) is 53.7 Å². The minimum absolute atomic E-state index is 0.0388. The Bertz CT molecular complexity index is 985. The topological polar surface area (TPSA) is 72.7 Å². The molecule has 0 N–H and O–H groups in total. The molecule has 0 saturated carbocycles. The van der Waals surface area contributed by atoms with Gasteiger partial charge in [0.05, 0.1) is 37.5 Å². The number of morpholine rings is 2. The van der Waals surface area contributed by atoms with Crippen molar-refractivity contribution in [1.29, 1.82) is 0 Å². The van der Waals surface area contributed by atoms with Crippen LogP contribution in [0.3, 0.4) is 0 Å². The van der Waals surface area contributed by atoms with Crippen LogP contribution in [0.5, 0.6) is 0 Å². The number of hydrogen-bond donors (Lipinski definition) is 0. The number of carbonyl (C=O) groups is 1. The lowest BCUT2D eigenvalue weighted by Crippen LogP contribution is -2.53. The fraction of sp³-hybridized carbons (Fsp3) is 0.435. The first-order chi connectivity index (χ1) is 15.3. The molecule has 0 bridgehead atoms. The predicted molar refractivity (Wildman–Crippen MR) is 115 cm³/mol. The van der Waals surface area contributed by atoms with E-state index in [9.17, 15) is 4.79 Å². The summed E-state index contributed by atoms with van der Waals surface area (Å²) in [7, 11) is 0. The summed E-state index contributed by atoms with van der Waals surface area (Å²) in [6.45, 7) is 5.28. The van der Waals surface area contributed by atoms with E-state index < -0.39 is 0 Å². The van der Waals surface area contributed by atoms with Crippen molar-refractivity contribution in [2.75, 3.05) is 46.0 Å². The van der Waals surface area contributed by atoms with Gasteiger partial charge >= 0.3 is 0 Å². The Hall–Kier alpha value is -2.81. The number of benzene rings is 1. The van der Waals surface area contributed by atoms with E-state index in [1.165, 1.54) is 0 Å². The van der Waals surface area contributed by atoms with Crippen LogP contribution < -0.4 is 0 Å². The van der Waals surface area contributed by atoms with Crippen molar-refractivity contribution in [3.8, 4) is 0 Å². The molecule has 0 spiro atoms. The summed E-state index contributed by atoms with van der Waals surface area (Å²) in [5, 5.41) is 5.59.